The van der Waals surface area contributed by atoms with E-state index >= 15 is 0 Å². The molecule has 0 unspecified atom stereocenters. The first-order valence-electron chi connectivity index (χ1n) is 6.46. The third-order valence-electron chi connectivity index (χ3n) is 3.31. The molecule has 5 nitrogen and oxygen atoms in total. The maximum atomic E-state index is 13.3. The van der Waals surface area contributed by atoms with Crippen LogP contribution in [0.3, 0.4) is 0 Å². The van der Waals surface area contributed by atoms with E-state index in [2.05, 4.69) is 0 Å². The monoisotopic (exact) mass is 280 g/mol. The Kier molecular flexibility index (Phi) is 4.34. The van der Waals surface area contributed by atoms with Crippen molar-refractivity contribution in [1.82, 2.24) is 9.80 Å². The van der Waals surface area contributed by atoms with E-state index in [4.69, 9.17) is 5.11 Å². The quantitative estimate of drug-likeness (QED) is 0.896. The molecule has 0 saturated carbocycles. The molecule has 0 bridgehead atoms. The van der Waals surface area contributed by atoms with Crippen LogP contribution in [0.25, 0.3) is 0 Å². The van der Waals surface area contributed by atoms with E-state index in [1.165, 1.54) is 12.1 Å². The highest BCUT2D eigenvalue weighted by Crippen LogP contribution is 2.13. The third-order valence-corrected chi connectivity index (χ3v) is 3.31. The first kappa shape index (κ1) is 14.5. The van der Waals surface area contributed by atoms with Crippen LogP contribution in [0.5, 0.6) is 0 Å². The number of amides is 1. The van der Waals surface area contributed by atoms with Gasteiger partial charge in [0.05, 0.1) is 6.54 Å². The standard InChI is InChI=1S/C14H17FN2O3/c1-10-6-11(8-12(15)7-10)14(20)17-4-2-16(3-5-17)9-13(18)19/h6-8H,2-5,9H2,1H3,(H,18,19). The molecule has 1 aromatic rings. The molecule has 1 aliphatic rings. The molecule has 1 saturated heterocycles. The lowest BCUT2D eigenvalue weighted by molar-refractivity contribution is -0.138. The average Bonchev–Trinajstić information content (AvgIpc) is 2.37. The number of rotatable bonds is 3. The Morgan fingerprint density at radius 3 is 2.40 bits per heavy atom. The smallest absolute Gasteiger partial charge is 0.317 e. The van der Waals surface area contributed by atoms with Crippen LogP contribution < -0.4 is 0 Å². The number of carbonyl (C=O) groups excluding carboxylic acids is 1. The van der Waals surface area contributed by atoms with E-state index in [1.54, 1.807) is 22.8 Å². The number of aryl methyl sites for hydroxylation is 1. The van der Waals surface area contributed by atoms with Crippen molar-refractivity contribution in [3.8, 4) is 0 Å². The molecule has 1 N–H and O–H groups in total. The second kappa shape index (κ2) is 6.00. The number of carbonyl (C=O) groups is 2. The number of hydrogen-bond donors (Lipinski definition) is 1. The van der Waals surface area contributed by atoms with Gasteiger partial charge in [0.1, 0.15) is 5.82 Å². The van der Waals surface area contributed by atoms with E-state index < -0.39 is 11.8 Å². The van der Waals surface area contributed by atoms with Gasteiger partial charge in [0.15, 0.2) is 0 Å². The van der Waals surface area contributed by atoms with Gasteiger partial charge in [-0.3, -0.25) is 14.5 Å². The van der Waals surface area contributed by atoms with Crippen LogP contribution in [0, 0.1) is 12.7 Å². The Balaban J connectivity index is 1.99. The Morgan fingerprint density at radius 1 is 1.20 bits per heavy atom. The molecule has 2 rings (SSSR count). The minimum Gasteiger partial charge on any atom is -0.480 e. The molecule has 108 valence electrons. The third kappa shape index (κ3) is 3.54. The number of benzene rings is 1. The minimum absolute atomic E-state index is 0.0128. The van der Waals surface area contributed by atoms with Gasteiger partial charge >= 0.3 is 5.97 Å². The van der Waals surface area contributed by atoms with Crippen molar-refractivity contribution in [3.05, 3.63) is 35.1 Å². The van der Waals surface area contributed by atoms with Crippen molar-refractivity contribution in [3.63, 3.8) is 0 Å². The van der Waals surface area contributed by atoms with Crippen molar-refractivity contribution in [2.45, 2.75) is 6.92 Å². The fourth-order valence-corrected chi connectivity index (χ4v) is 2.34. The zero-order chi connectivity index (χ0) is 14.7. The van der Waals surface area contributed by atoms with Gasteiger partial charge in [-0.2, -0.15) is 0 Å². The Morgan fingerprint density at radius 2 is 1.85 bits per heavy atom. The first-order chi connectivity index (χ1) is 9.45. The fraction of sp³-hybridized carbons (Fsp3) is 0.429. The highest BCUT2D eigenvalue weighted by atomic mass is 19.1. The van der Waals surface area contributed by atoms with Gasteiger partial charge < -0.3 is 10.0 Å². The second-order valence-corrected chi connectivity index (χ2v) is 4.98. The van der Waals surface area contributed by atoms with Crippen LogP contribution in [0.4, 0.5) is 4.39 Å². The Hall–Kier alpha value is -1.95. The summed E-state index contributed by atoms with van der Waals surface area (Å²) in [5, 5.41) is 8.72. The molecule has 1 aliphatic heterocycles. The van der Waals surface area contributed by atoms with Gasteiger partial charge in [0, 0.05) is 31.7 Å². The van der Waals surface area contributed by atoms with Crippen LogP contribution in [0.15, 0.2) is 18.2 Å². The SMILES string of the molecule is Cc1cc(F)cc(C(=O)N2CCN(CC(=O)O)CC2)c1. The van der Waals surface area contributed by atoms with Crippen LogP contribution in [-0.4, -0.2) is 59.5 Å². The summed E-state index contributed by atoms with van der Waals surface area (Å²) in [6.07, 6.45) is 0. The van der Waals surface area contributed by atoms with Crippen LogP contribution in [-0.2, 0) is 4.79 Å². The molecule has 1 amide bonds. The summed E-state index contributed by atoms with van der Waals surface area (Å²) in [5.74, 6) is -1.49. The number of carboxylic acids is 1. The van der Waals surface area contributed by atoms with E-state index in [-0.39, 0.29) is 12.5 Å². The lowest BCUT2D eigenvalue weighted by Gasteiger charge is -2.33. The van der Waals surface area contributed by atoms with Crippen molar-refractivity contribution in [1.29, 1.82) is 0 Å². The predicted molar refractivity (Wildman–Crippen MR) is 71.1 cm³/mol. The number of piperazine rings is 1. The van der Waals surface area contributed by atoms with Crippen molar-refractivity contribution < 1.29 is 19.1 Å². The molecule has 0 aromatic heterocycles. The normalized spacial score (nSPS) is 16.2. The molecule has 1 fully saturated rings. The minimum atomic E-state index is -0.870. The maximum absolute atomic E-state index is 13.3. The lowest BCUT2D eigenvalue weighted by atomic mass is 10.1. The summed E-state index contributed by atoms with van der Waals surface area (Å²) in [4.78, 5) is 26.3. The summed E-state index contributed by atoms with van der Waals surface area (Å²) >= 11 is 0. The maximum Gasteiger partial charge on any atom is 0.317 e. The van der Waals surface area contributed by atoms with Crippen LogP contribution >= 0.6 is 0 Å². The summed E-state index contributed by atoms with van der Waals surface area (Å²) in [6, 6.07) is 4.27. The number of nitrogens with zero attached hydrogens (tertiary/aromatic N) is 2. The molecule has 0 atom stereocenters. The highest BCUT2D eigenvalue weighted by molar-refractivity contribution is 5.94. The Bertz CT molecular complexity index is 505. The van der Waals surface area contributed by atoms with Gasteiger partial charge in [-0.25, -0.2) is 4.39 Å². The molecule has 0 radical (unpaired) electrons. The van der Waals surface area contributed by atoms with E-state index in [0.29, 0.717) is 37.3 Å². The zero-order valence-corrected chi connectivity index (χ0v) is 11.3. The predicted octanol–water partition coefficient (Wildman–Crippen LogP) is 0.977. The number of halogens is 1. The van der Waals surface area contributed by atoms with E-state index in [0.717, 1.165) is 0 Å². The van der Waals surface area contributed by atoms with Crippen molar-refractivity contribution in [2.75, 3.05) is 32.7 Å². The van der Waals surface area contributed by atoms with E-state index in [9.17, 15) is 14.0 Å². The van der Waals surface area contributed by atoms with Gasteiger partial charge in [-0.05, 0) is 30.7 Å². The average molecular weight is 280 g/mol. The Labute approximate surface area is 116 Å². The fourth-order valence-electron chi connectivity index (χ4n) is 2.34. The molecule has 1 aromatic carbocycles. The summed E-state index contributed by atoms with van der Waals surface area (Å²) < 4.78 is 13.3. The highest BCUT2D eigenvalue weighted by Gasteiger charge is 2.23. The molecule has 1 heterocycles. The van der Waals surface area contributed by atoms with Crippen LogP contribution in [0.2, 0.25) is 0 Å². The number of hydrogen-bond acceptors (Lipinski definition) is 3. The molecular formula is C14H17FN2O3. The first-order valence-corrected chi connectivity index (χ1v) is 6.46. The largest absolute Gasteiger partial charge is 0.480 e. The van der Waals surface area contributed by atoms with Crippen molar-refractivity contribution >= 4 is 11.9 Å². The topological polar surface area (TPSA) is 60.9 Å². The number of carboxylic acid groups (broad SMARTS) is 1. The van der Waals surface area contributed by atoms with Gasteiger partial charge in [-0.15, -0.1) is 0 Å². The summed E-state index contributed by atoms with van der Waals surface area (Å²) in [5.41, 5.74) is 1.05. The summed E-state index contributed by atoms with van der Waals surface area (Å²) in [6.45, 7) is 3.69. The molecule has 0 aliphatic carbocycles. The van der Waals surface area contributed by atoms with Gasteiger partial charge in [0.2, 0.25) is 0 Å². The lowest BCUT2D eigenvalue weighted by Crippen LogP contribution is -2.49. The van der Waals surface area contributed by atoms with Crippen molar-refractivity contribution in [2.24, 2.45) is 0 Å². The molecule has 6 heteroatoms. The van der Waals surface area contributed by atoms with Crippen LogP contribution in [0.1, 0.15) is 15.9 Å². The second-order valence-electron chi connectivity index (χ2n) is 4.98. The molecule has 20 heavy (non-hydrogen) atoms. The van der Waals surface area contributed by atoms with E-state index in [1.807, 2.05) is 0 Å². The van der Waals surface area contributed by atoms with Gasteiger partial charge in [-0.1, -0.05) is 0 Å². The molecular weight excluding hydrogens is 263 g/mol. The summed E-state index contributed by atoms with van der Waals surface area (Å²) in [7, 11) is 0. The van der Waals surface area contributed by atoms with Gasteiger partial charge in [0.25, 0.3) is 5.91 Å². The molecule has 0 spiro atoms. The number of aliphatic carboxylic acids is 1. The zero-order valence-electron chi connectivity index (χ0n) is 11.3.